The molecule has 6 nitrogen and oxygen atoms in total. The van der Waals surface area contributed by atoms with Crippen LogP contribution >= 0.6 is 0 Å². The Balaban J connectivity index is 2.57. The van der Waals surface area contributed by atoms with Gasteiger partial charge in [0.15, 0.2) is 5.84 Å². The summed E-state index contributed by atoms with van der Waals surface area (Å²) in [5, 5.41) is 11.5. The van der Waals surface area contributed by atoms with Crippen molar-refractivity contribution in [3.05, 3.63) is 34.7 Å². The number of rotatable bonds is 5. The fourth-order valence-corrected chi connectivity index (χ4v) is 1.41. The molecule has 1 aromatic heterocycles. The zero-order valence-corrected chi connectivity index (χ0v) is 10.1. The third kappa shape index (κ3) is 3.60. The Morgan fingerprint density at radius 1 is 1.65 bits per heavy atom. The highest BCUT2D eigenvalue weighted by molar-refractivity contribution is 5.84. The van der Waals surface area contributed by atoms with E-state index < -0.39 is 0 Å². The Labute approximate surface area is 100.0 Å². The normalized spacial score (nSPS) is 13.9. The fraction of sp³-hybridized carbons (Fsp3) is 0.455. The molecule has 1 heterocycles. The van der Waals surface area contributed by atoms with Crippen LogP contribution in [-0.2, 0) is 6.54 Å². The first-order valence-electron chi connectivity index (χ1n) is 5.39. The summed E-state index contributed by atoms with van der Waals surface area (Å²) in [7, 11) is 1.86. The zero-order chi connectivity index (χ0) is 12.8. The second-order valence-corrected chi connectivity index (χ2v) is 3.91. The molecule has 0 aliphatic rings. The van der Waals surface area contributed by atoms with E-state index in [9.17, 15) is 4.79 Å². The number of likely N-dealkylation sites (N-methyl/N-ethyl adjacent to an activating group) is 1. The molecule has 0 saturated carbocycles. The molecule has 0 bridgehead atoms. The summed E-state index contributed by atoms with van der Waals surface area (Å²) in [6, 6.07) is 4.88. The minimum Gasteiger partial charge on any atom is -0.409 e. The van der Waals surface area contributed by atoms with Crippen LogP contribution in [-0.4, -0.2) is 40.1 Å². The average Bonchev–Trinajstić information content (AvgIpc) is 2.35. The summed E-state index contributed by atoms with van der Waals surface area (Å²) >= 11 is 0. The van der Waals surface area contributed by atoms with Crippen molar-refractivity contribution in [3.8, 4) is 0 Å². The van der Waals surface area contributed by atoms with Gasteiger partial charge in [-0.25, -0.2) is 0 Å². The molecule has 94 valence electrons. The summed E-state index contributed by atoms with van der Waals surface area (Å²) in [4.78, 5) is 13.4. The van der Waals surface area contributed by atoms with Gasteiger partial charge in [-0.05, 0) is 20.0 Å². The molecule has 0 aliphatic carbocycles. The van der Waals surface area contributed by atoms with E-state index in [1.165, 1.54) is 6.07 Å². The van der Waals surface area contributed by atoms with Gasteiger partial charge in [-0.15, -0.1) is 0 Å². The predicted molar refractivity (Wildman–Crippen MR) is 66.2 cm³/mol. The van der Waals surface area contributed by atoms with Crippen LogP contribution in [0.1, 0.15) is 6.92 Å². The first-order chi connectivity index (χ1) is 8.06. The molecule has 1 aromatic rings. The SMILES string of the molecule is CC(/C(N)=N/O)N(C)CCn1ccccc1=O. The molecule has 0 radical (unpaired) electrons. The van der Waals surface area contributed by atoms with E-state index in [2.05, 4.69) is 5.16 Å². The average molecular weight is 238 g/mol. The Kier molecular flexibility index (Phi) is 4.71. The van der Waals surface area contributed by atoms with Gasteiger partial charge in [0.1, 0.15) is 0 Å². The molecule has 0 amide bonds. The Morgan fingerprint density at radius 3 is 2.94 bits per heavy atom. The topological polar surface area (TPSA) is 83.8 Å². The molecule has 17 heavy (non-hydrogen) atoms. The second kappa shape index (κ2) is 6.05. The molecular formula is C11H18N4O2. The van der Waals surface area contributed by atoms with Crippen molar-refractivity contribution >= 4 is 5.84 Å². The number of hydrogen-bond acceptors (Lipinski definition) is 4. The van der Waals surface area contributed by atoms with Crippen molar-refractivity contribution in [1.29, 1.82) is 0 Å². The van der Waals surface area contributed by atoms with Gasteiger partial charge < -0.3 is 15.5 Å². The lowest BCUT2D eigenvalue weighted by Gasteiger charge is -2.23. The number of oxime groups is 1. The van der Waals surface area contributed by atoms with Gasteiger partial charge in [0.25, 0.3) is 5.56 Å². The Hall–Kier alpha value is -1.82. The smallest absolute Gasteiger partial charge is 0.250 e. The molecule has 6 heteroatoms. The lowest BCUT2D eigenvalue weighted by atomic mass is 10.3. The number of amidine groups is 1. The minimum absolute atomic E-state index is 0.0302. The maximum absolute atomic E-state index is 11.4. The van der Waals surface area contributed by atoms with Crippen LogP contribution in [0.3, 0.4) is 0 Å². The first kappa shape index (κ1) is 13.2. The molecule has 0 fully saturated rings. The standard InChI is InChI=1S/C11H18N4O2/c1-9(11(12)13-17)14(2)7-8-15-6-4-3-5-10(15)16/h3-6,9,17H,7-8H2,1-2H3,(H2,12,13). The van der Waals surface area contributed by atoms with E-state index in [1.54, 1.807) is 16.8 Å². The maximum Gasteiger partial charge on any atom is 0.250 e. The number of hydrogen-bond donors (Lipinski definition) is 2. The third-order valence-electron chi connectivity index (χ3n) is 2.80. The predicted octanol–water partition coefficient (Wildman–Crippen LogP) is -0.0850. The largest absolute Gasteiger partial charge is 0.409 e. The Morgan fingerprint density at radius 2 is 2.35 bits per heavy atom. The molecule has 0 aromatic carbocycles. The maximum atomic E-state index is 11.4. The number of aromatic nitrogens is 1. The second-order valence-electron chi connectivity index (χ2n) is 3.91. The molecule has 3 N–H and O–H groups in total. The highest BCUT2D eigenvalue weighted by atomic mass is 16.4. The van der Waals surface area contributed by atoms with Gasteiger partial charge in [-0.3, -0.25) is 9.69 Å². The van der Waals surface area contributed by atoms with Gasteiger partial charge in [0.2, 0.25) is 0 Å². The van der Waals surface area contributed by atoms with E-state index in [0.717, 1.165) is 0 Å². The molecule has 0 aliphatic heterocycles. The van der Waals surface area contributed by atoms with Crippen molar-refractivity contribution in [3.63, 3.8) is 0 Å². The number of pyridine rings is 1. The molecule has 1 unspecified atom stereocenters. The highest BCUT2D eigenvalue weighted by Crippen LogP contribution is 1.96. The van der Waals surface area contributed by atoms with Crippen molar-refractivity contribution < 1.29 is 5.21 Å². The number of nitrogens with two attached hydrogens (primary N) is 1. The van der Waals surface area contributed by atoms with Crippen LogP contribution in [0, 0.1) is 0 Å². The van der Waals surface area contributed by atoms with Gasteiger partial charge in [-0.1, -0.05) is 11.2 Å². The van der Waals surface area contributed by atoms with Gasteiger partial charge >= 0.3 is 0 Å². The van der Waals surface area contributed by atoms with Gasteiger partial charge in [-0.2, -0.15) is 0 Å². The van der Waals surface area contributed by atoms with E-state index in [-0.39, 0.29) is 17.4 Å². The van der Waals surface area contributed by atoms with Crippen molar-refractivity contribution in [1.82, 2.24) is 9.47 Å². The van der Waals surface area contributed by atoms with Crippen molar-refractivity contribution in [2.45, 2.75) is 19.5 Å². The van der Waals surface area contributed by atoms with Gasteiger partial charge in [0.05, 0.1) is 6.04 Å². The summed E-state index contributed by atoms with van der Waals surface area (Å²) < 4.78 is 1.62. The lowest BCUT2D eigenvalue weighted by Crippen LogP contribution is -2.42. The molecular weight excluding hydrogens is 220 g/mol. The fourth-order valence-electron chi connectivity index (χ4n) is 1.41. The zero-order valence-electron chi connectivity index (χ0n) is 10.1. The van der Waals surface area contributed by atoms with E-state index in [4.69, 9.17) is 10.9 Å². The van der Waals surface area contributed by atoms with Crippen LogP contribution in [0.5, 0.6) is 0 Å². The van der Waals surface area contributed by atoms with Crippen molar-refractivity contribution in [2.75, 3.05) is 13.6 Å². The van der Waals surface area contributed by atoms with E-state index in [1.807, 2.05) is 24.9 Å². The minimum atomic E-state index is -0.167. The lowest BCUT2D eigenvalue weighted by molar-refractivity contribution is 0.276. The van der Waals surface area contributed by atoms with Crippen LogP contribution in [0.4, 0.5) is 0 Å². The van der Waals surface area contributed by atoms with Gasteiger partial charge in [0, 0.05) is 25.4 Å². The third-order valence-corrected chi connectivity index (χ3v) is 2.80. The monoisotopic (exact) mass is 238 g/mol. The molecule has 1 rings (SSSR count). The van der Waals surface area contributed by atoms with Crippen molar-refractivity contribution in [2.24, 2.45) is 10.9 Å². The summed E-state index contributed by atoms with van der Waals surface area (Å²) in [5.74, 6) is 0.160. The van der Waals surface area contributed by atoms with Crippen LogP contribution in [0.15, 0.2) is 34.3 Å². The first-order valence-corrected chi connectivity index (χ1v) is 5.39. The summed E-state index contributed by atoms with van der Waals surface area (Å²) in [6.45, 7) is 3.04. The van der Waals surface area contributed by atoms with Crippen LogP contribution < -0.4 is 11.3 Å². The highest BCUT2D eigenvalue weighted by Gasteiger charge is 2.13. The molecule has 1 atom stereocenters. The summed E-state index contributed by atoms with van der Waals surface area (Å²) in [6.07, 6.45) is 1.74. The van der Waals surface area contributed by atoms with Crippen LogP contribution in [0.2, 0.25) is 0 Å². The molecule has 0 saturated heterocycles. The van der Waals surface area contributed by atoms with Crippen LogP contribution in [0.25, 0.3) is 0 Å². The summed E-state index contributed by atoms with van der Waals surface area (Å²) in [5.41, 5.74) is 5.48. The molecule has 0 spiro atoms. The number of nitrogens with zero attached hydrogens (tertiary/aromatic N) is 3. The quantitative estimate of drug-likeness (QED) is 0.325. The Bertz CT molecular complexity index is 441. The van der Waals surface area contributed by atoms with E-state index in [0.29, 0.717) is 13.1 Å². The van der Waals surface area contributed by atoms with E-state index >= 15 is 0 Å².